The second kappa shape index (κ2) is 12.0. The number of hydrogen-bond donors (Lipinski definition) is 1. The van der Waals surface area contributed by atoms with Crippen LogP contribution < -0.4 is 10.5 Å². The molecule has 0 spiro atoms. The zero-order valence-electron chi connectivity index (χ0n) is 19.4. The molecule has 0 radical (unpaired) electrons. The lowest BCUT2D eigenvalue weighted by atomic mass is 9.87. The Hall–Kier alpha value is -2.60. The summed E-state index contributed by atoms with van der Waals surface area (Å²) in [5.41, 5.74) is 8.25. The van der Waals surface area contributed by atoms with Gasteiger partial charge in [0.2, 0.25) is 5.88 Å². The number of ether oxygens (including phenoxy) is 2. The highest BCUT2D eigenvalue weighted by molar-refractivity contribution is 5.83. The van der Waals surface area contributed by atoms with Crippen LogP contribution in [-0.2, 0) is 11.3 Å². The van der Waals surface area contributed by atoms with Crippen LogP contribution in [0.15, 0.2) is 47.6 Å². The van der Waals surface area contributed by atoms with E-state index in [9.17, 15) is 0 Å². The molecule has 1 atom stereocenters. The van der Waals surface area contributed by atoms with E-state index in [4.69, 9.17) is 15.2 Å². The predicted octanol–water partition coefficient (Wildman–Crippen LogP) is 6.28. The molecule has 1 aliphatic heterocycles. The summed E-state index contributed by atoms with van der Waals surface area (Å²) in [7, 11) is 0. The number of rotatable bonds is 9. The highest BCUT2D eigenvalue weighted by atomic mass is 16.5. The molecule has 2 aromatic rings. The average Bonchev–Trinajstić information content (AvgIpc) is 2.80. The quantitative estimate of drug-likeness (QED) is 0.453. The molecule has 0 unspecified atom stereocenters. The van der Waals surface area contributed by atoms with Gasteiger partial charge in [-0.3, -0.25) is 0 Å². The first kappa shape index (κ1) is 25.0. The predicted molar refractivity (Wildman–Crippen MR) is 135 cm³/mol. The molecule has 1 aromatic heterocycles. The molecule has 1 aliphatic carbocycles. The number of aliphatic imine (C=N–C) groups is 1. The van der Waals surface area contributed by atoms with Crippen molar-refractivity contribution in [3.63, 3.8) is 0 Å². The first-order valence-corrected chi connectivity index (χ1v) is 12.0. The molecule has 4 rings (SSSR count). The van der Waals surface area contributed by atoms with E-state index in [2.05, 4.69) is 28.7 Å². The number of nitrogens with zero attached hydrogens (tertiary/aromatic N) is 3. The smallest absolute Gasteiger partial charge is 0.219 e. The Labute approximate surface area is 199 Å². The van der Waals surface area contributed by atoms with E-state index in [1.165, 1.54) is 38.5 Å². The Morgan fingerprint density at radius 2 is 1.88 bits per heavy atom. The summed E-state index contributed by atoms with van der Waals surface area (Å²) in [6, 6.07) is 11.8. The van der Waals surface area contributed by atoms with Gasteiger partial charge in [-0.1, -0.05) is 71.6 Å². The fourth-order valence-corrected chi connectivity index (χ4v) is 4.67. The Morgan fingerprint density at radius 1 is 1.12 bits per heavy atom. The summed E-state index contributed by atoms with van der Waals surface area (Å²) < 4.78 is 12.1. The second-order valence-corrected chi connectivity index (χ2v) is 9.34. The molecule has 6 nitrogen and oxygen atoms in total. The summed E-state index contributed by atoms with van der Waals surface area (Å²) in [6.45, 7) is 6.60. The van der Waals surface area contributed by atoms with E-state index in [-0.39, 0.29) is 13.5 Å². The third-order valence-corrected chi connectivity index (χ3v) is 6.63. The molecule has 1 fully saturated rings. The zero-order chi connectivity index (χ0) is 22.3. The summed E-state index contributed by atoms with van der Waals surface area (Å²) in [5.74, 6) is 3.09. The summed E-state index contributed by atoms with van der Waals surface area (Å²) in [4.78, 5) is 11.2. The third kappa shape index (κ3) is 6.70. The van der Waals surface area contributed by atoms with Crippen molar-refractivity contribution in [2.75, 3.05) is 13.2 Å². The number of guanidine groups is 1. The van der Waals surface area contributed by atoms with E-state index in [1.54, 1.807) is 6.20 Å². The van der Waals surface area contributed by atoms with Crippen molar-refractivity contribution in [1.82, 2.24) is 9.88 Å². The fraction of sp³-hybridized carbons (Fsp3) is 0.556. The molecular weight excluding hydrogens is 412 g/mol. The van der Waals surface area contributed by atoms with Gasteiger partial charge < -0.3 is 20.1 Å². The maximum absolute atomic E-state index is 6.38. The van der Waals surface area contributed by atoms with E-state index in [1.807, 2.05) is 36.4 Å². The largest absolute Gasteiger partial charge is 0.439 e. The topological polar surface area (TPSA) is 73.0 Å². The van der Waals surface area contributed by atoms with E-state index < -0.39 is 0 Å². The highest BCUT2D eigenvalue weighted by Gasteiger charge is 2.28. The summed E-state index contributed by atoms with van der Waals surface area (Å²) in [5, 5.41) is 0. The van der Waals surface area contributed by atoms with Gasteiger partial charge in [0.15, 0.2) is 5.96 Å². The minimum absolute atomic E-state index is 0. The van der Waals surface area contributed by atoms with Crippen molar-refractivity contribution < 1.29 is 9.47 Å². The maximum atomic E-state index is 6.38. The first-order chi connectivity index (χ1) is 15.6. The normalized spacial score (nSPS) is 17.2. The molecule has 2 heterocycles. The standard InChI is InChI=1S/C26H36N4O2.CH4/c1-19(2)24(18-31-14-13-20-9-5-3-6-10-20)30-17-21-15-25(28-16-23(21)29-26(30)27)32-22-11-7-4-8-12-22;/h4,7-8,11-12,15-16,19-20,24H,3,5-6,9-10,13-14,17-18H2,1-2H3,(H2,27,29);1H4/t24-;/m0./s1. The first-order valence-electron chi connectivity index (χ1n) is 12.0. The molecule has 180 valence electrons. The van der Waals surface area contributed by atoms with Gasteiger partial charge in [-0.2, -0.15) is 0 Å². The van der Waals surface area contributed by atoms with E-state index in [0.29, 0.717) is 30.9 Å². The number of pyridine rings is 1. The summed E-state index contributed by atoms with van der Waals surface area (Å²) >= 11 is 0. The van der Waals surface area contributed by atoms with Crippen molar-refractivity contribution in [1.29, 1.82) is 0 Å². The van der Waals surface area contributed by atoms with E-state index >= 15 is 0 Å². The van der Waals surface area contributed by atoms with Crippen LogP contribution in [0.25, 0.3) is 0 Å². The van der Waals surface area contributed by atoms with Gasteiger partial charge in [-0.05, 0) is 30.4 Å². The highest BCUT2D eigenvalue weighted by Crippen LogP contribution is 2.31. The monoisotopic (exact) mass is 452 g/mol. The number of fused-ring (bicyclic) bond motifs is 1. The molecular formula is C27H40N4O2. The van der Waals surface area contributed by atoms with Gasteiger partial charge in [-0.15, -0.1) is 0 Å². The van der Waals surface area contributed by atoms with E-state index in [0.717, 1.165) is 29.5 Å². The number of aromatic nitrogens is 1. The fourth-order valence-electron chi connectivity index (χ4n) is 4.67. The molecule has 1 saturated carbocycles. The molecule has 0 bridgehead atoms. The van der Waals surface area contributed by atoms with Gasteiger partial charge in [0.05, 0.1) is 24.5 Å². The van der Waals surface area contributed by atoms with Crippen molar-refractivity contribution in [2.45, 2.75) is 72.4 Å². The van der Waals surface area contributed by atoms with Crippen LogP contribution in [0.4, 0.5) is 5.69 Å². The van der Waals surface area contributed by atoms with Gasteiger partial charge in [0.25, 0.3) is 0 Å². The Morgan fingerprint density at radius 3 is 2.61 bits per heavy atom. The summed E-state index contributed by atoms with van der Waals surface area (Å²) in [6.07, 6.45) is 9.79. The molecule has 2 aliphatic rings. The molecule has 0 amide bonds. The maximum Gasteiger partial charge on any atom is 0.219 e. The average molecular weight is 453 g/mol. The Bertz CT molecular complexity index is 894. The van der Waals surface area contributed by atoms with Crippen LogP contribution in [0.2, 0.25) is 0 Å². The minimum Gasteiger partial charge on any atom is -0.439 e. The molecule has 0 saturated heterocycles. The lowest BCUT2D eigenvalue weighted by Gasteiger charge is -2.37. The Kier molecular flexibility index (Phi) is 9.12. The van der Waals surface area contributed by atoms with Gasteiger partial charge >= 0.3 is 0 Å². The van der Waals surface area contributed by atoms with Crippen LogP contribution in [0.1, 0.15) is 65.4 Å². The van der Waals surface area contributed by atoms with Crippen LogP contribution in [0.5, 0.6) is 11.6 Å². The van der Waals surface area contributed by atoms with Crippen molar-refractivity contribution in [3.05, 3.63) is 48.2 Å². The van der Waals surface area contributed by atoms with Crippen molar-refractivity contribution in [2.24, 2.45) is 22.6 Å². The van der Waals surface area contributed by atoms with Gasteiger partial charge in [0.1, 0.15) is 5.75 Å². The number of hydrogen-bond acceptors (Lipinski definition) is 6. The molecule has 2 N–H and O–H groups in total. The molecule has 1 aromatic carbocycles. The van der Waals surface area contributed by atoms with Crippen LogP contribution >= 0.6 is 0 Å². The number of benzene rings is 1. The van der Waals surface area contributed by atoms with Gasteiger partial charge in [0, 0.05) is 24.8 Å². The SMILES string of the molecule is C.CC(C)[C@H](COCCC1CCCCC1)N1Cc2cc(Oc3ccccc3)ncc2N=C1N. The van der Waals surface area contributed by atoms with Crippen molar-refractivity contribution >= 4 is 11.6 Å². The number of para-hydroxylation sites is 1. The van der Waals surface area contributed by atoms with Crippen molar-refractivity contribution in [3.8, 4) is 11.6 Å². The third-order valence-electron chi connectivity index (χ3n) is 6.63. The lowest BCUT2D eigenvalue weighted by Crippen LogP contribution is -2.50. The van der Waals surface area contributed by atoms with Crippen LogP contribution in [-0.4, -0.2) is 35.1 Å². The number of nitrogens with two attached hydrogens (primary N) is 1. The van der Waals surface area contributed by atoms with Crippen LogP contribution in [0, 0.1) is 11.8 Å². The Balaban J connectivity index is 0.00000306. The molecule has 33 heavy (non-hydrogen) atoms. The van der Waals surface area contributed by atoms with Gasteiger partial charge in [-0.25, -0.2) is 9.98 Å². The zero-order valence-corrected chi connectivity index (χ0v) is 19.4. The van der Waals surface area contributed by atoms with Crippen LogP contribution in [0.3, 0.4) is 0 Å². The minimum atomic E-state index is 0. The molecule has 6 heteroatoms. The lowest BCUT2D eigenvalue weighted by molar-refractivity contribution is 0.0537. The second-order valence-electron chi connectivity index (χ2n) is 9.34.